The van der Waals surface area contributed by atoms with E-state index in [2.05, 4.69) is 10.0 Å². The van der Waals surface area contributed by atoms with Crippen LogP contribution in [-0.2, 0) is 16.4 Å². The predicted molar refractivity (Wildman–Crippen MR) is 90.3 cm³/mol. The summed E-state index contributed by atoms with van der Waals surface area (Å²) in [5, 5.41) is 12.5. The van der Waals surface area contributed by atoms with Crippen LogP contribution < -0.4 is 10.0 Å². The van der Waals surface area contributed by atoms with Gasteiger partial charge in [-0.3, -0.25) is 9.52 Å². The minimum absolute atomic E-state index is 0.0134. The van der Waals surface area contributed by atoms with E-state index in [1.165, 1.54) is 18.2 Å². The molecular weight excluding hydrogens is 316 g/mol. The molecule has 0 aliphatic heterocycles. The number of carbonyl (C=O) groups is 1. The average Bonchev–Trinajstić information content (AvgIpc) is 2.48. The van der Waals surface area contributed by atoms with E-state index >= 15 is 0 Å². The number of carbonyl (C=O) groups excluding carboxylic acids is 1. The zero-order chi connectivity index (χ0) is 17.0. The fourth-order valence-electron chi connectivity index (χ4n) is 2.06. The molecule has 1 amide bonds. The van der Waals surface area contributed by atoms with Gasteiger partial charge in [-0.2, -0.15) is 0 Å². The molecule has 2 aromatic carbocycles. The van der Waals surface area contributed by atoms with Crippen LogP contribution in [0.5, 0.6) is 5.75 Å². The van der Waals surface area contributed by atoms with Gasteiger partial charge in [0.05, 0.1) is 11.8 Å². The summed E-state index contributed by atoms with van der Waals surface area (Å²) in [5.74, 6) is -0.749. The molecular formula is C16H18N2O4S. The van der Waals surface area contributed by atoms with Crippen LogP contribution >= 0.6 is 0 Å². The fourth-order valence-corrected chi connectivity index (χ4v) is 2.62. The molecule has 0 saturated heterocycles. The van der Waals surface area contributed by atoms with Crippen LogP contribution in [0.25, 0.3) is 0 Å². The number of anilines is 2. The van der Waals surface area contributed by atoms with Gasteiger partial charge in [-0.15, -0.1) is 0 Å². The van der Waals surface area contributed by atoms with E-state index < -0.39 is 15.9 Å². The standard InChI is InChI=1S/C16H18N2O4S/c1-3-11-5-4-6-12(9-11)17-16(20)14-10-13(7-8-15(14)19)18-23(2,21)22/h4-10,18-19H,3H2,1-2H3,(H,17,20). The highest BCUT2D eigenvalue weighted by atomic mass is 32.2. The first kappa shape index (κ1) is 16.8. The Bertz CT molecular complexity index is 832. The van der Waals surface area contributed by atoms with E-state index in [-0.39, 0.29) is 17.0 Å². The Morgan fingerprint density at radius 1 is 1.13 bits per heavy atom. The third kappa shape index (κ3) is 4.72. The summed E-state index contributed by atoms with van der Waals surface area (Å²) in [4.78, 5) is 12.3. The van der Waals surface area contributed by atoms with Crippen molar-refractivity contribution in [2.75, 3.05) is 16.3 Å². The number of aromatic hydroxyl groups is 1. The van der Waals surface area contributed by atoms with Crippen molar-refractivity contribution in [2.45, 2.75) is 13.3 Å². The van der Waals surface area contributed by atoms with Gasteiger partial charge in [0.2, 0.25) is 10.0 Å². The lowest BCUT2D eigenvalue weighted by atomic mass is 10.1. The van der Waals surface area contributed by atoms with Gasteiger partial charge < -0.3 is 10.4 Å². The molecule has 7 heteroatoms. The molecule has 2 rings (SSSR count). The van der Waals surface area contributed by atoms with Gasteiger partial charge in [0, 0.05) is 11.4 Å². The zero-order valence-corrected chi connectivity index (χ0v) is 13.6. The maximum atomic E-state index is 12.3. The lowest BCUT2D eigenvalue weighted by Gasteiger charge is -2.10. The van der Waals surface area contributed by atoms with Crippen LogP contribution in [-0.4, -0.2) is 25.7 Å². The quantitative estimate of drug-likeness (QED) is 0.732. The minimum Gasteiger partial charge on any atom is -0.507 e. The van der Waals surface area contributed by atoms with Crippen LogP contribution in [0.1, 0.15) is 22.8 Å². The molecule has 0 aliphatic rings. The number of amides is 1. The van der Waals surface area contributed by atoms with Gasteiger partial charge in [-0.1, -0.05) is 19.1 Å². The molecule has 2 aromatic rings. The Morgan fingerprint density at radius 3 is 2.52 bits per heavy atom. The van der Waals surface area contributed by atoms with Crippen molar-refractivity contribution in [1.82, 2.24) is 0 Å². The molecule has 23 heavy (non-hydrogen) atoms. The van der Waals surface area contributed by atoms with Crippen molar-refractivity contribution in [3.63, 3.8) is 0 Å². The molecule has 0 radical (unpaired) electrons. The van der Waals surface area contributed by atoms with Crippen molar-refractivity contribution in [3.8, 4) is 5.75 Å². The van der Waals surface area contributed by atoms with Crippen LogP contribution in [0.15, 0.2) is 42.5 Å². The molecule has 0 saturated carbocycles. The highest BCUT2D eigenvalue weighted by molar-refractivity contribution is 7.92. The number of hydrogen-bond acceptors (Lipinski definition) is 4. The summed E-state index contributed by atoms with van der Waals surface area (Å²) < 4.78 is 24.8. The second-order valence-electron chi connectivity index (χ2n) is 5.11. The molecule has 122 valence electrons. The summed E-state index contributed by atoms with van der Waals surface area (Å²) >= 11 is 0. The Hall–Kier alpha value is -2.54. The number of benzene rings is 2. The van der Waals surface area contributed by atoms with Crippen molar-refractivity contribution in [2.24, 2.45) is 0 Å². The molecule has 0 fully saturated rings. The average molecular weight is 334 g/mol. The van der Waals surface area contributed by atoms with Crippen LogP contribution in [0, 0.1) is 0 Å². The van der Waals surface area contributed by atoms with Gasteiger partial charge >= 0.3 is 0 Å². The second-order valence-corrected chi connectivity index (χ2v) is 6.86. The Morgan fingerprint density at radius 2 is 1.87 bits per heavy atom. The molecule has 0 bridgehead atoms. The molecule has 6 nitrogen and oxygen atoms in total. The number of phenolic OH excluding ortho intramolecular Hbond substituents is 1. The molecule has 0 unspecified atom stereocenters. The molecule has 0 aliphatic carbocycles. The highest BCUT2D eigenvalue weighted by Crippen LogP contribution is 2.23. The van der Waals surface area contributed by atoms with E-state index in [1.54, 1.807) is 6.07 Å². The van der Waals surface area contributed by atoms with E-state index in [4.69, 9.17) is 0 Å². The summed E-state index contributed by atoms with van der Waals surface area (Å²) in [5.41, 5.74) is 1.87. The highest BCUT2D eigenvalue weighted by Gasteiger charge is 2.14. The summed E-state index contributed by atoms with van der Waals surface area (Å²) in [6.45, 7) is 2.01. The summed E-state index contributed by atoms with van der Waals surface area (Å²) in [6.07, 6.45) is 1.85. The molecule has 0 aromatic heterocycles. The zero-order valence-electron chi connectivity index (χ0n) is 12.8. The van der Waals surface area contributed by atoms with Gasteiger partial charge in [0.25, 0.3) is 5.91 Å². The first-order valence-corrected chi connectivity index (χ1v) is 8.88. The largest absolute Gasteiger partial charge is 0.507 e. The predicted octanol–water partition coefficient (Wildman–Crippen LogP) is 2.58. The monoisotopic (exact) mass is 334 g/mol. The van der Waals surface area contributed by atoms with Gasteiger partial charge in [-0.05, 0) is 42.3 Å². The maximum Gasteiger partial charge on any atom is 0.259 e. The number of sulfonamides is 1. The normalized spacial score (nSPS) is 11.0. The van der Waals surface area contributed by atoms with Crippen LogP contribution in [0.4, 0.5) is 11.4 Å². The smallest absolute Gasteiger partial charge is 0.259 e. The fraction of sp³-hybridized carbons (Fsp3) is 0.188. The van der Waals surface area contributed by atoms with Gasteiger partial charge in [-0.25, -0.2) is 8.42 Å². The first-order chi connectivity index (χ1) is 10.8. The number of nitrogens with one attached hydrogen (secondary N) is 2. The SMILES string of the molecule is CCc1cccc(NC(=O)c2cc(NS(C)(=O)=O)ccc2O)c1. The molecule has 0 atom stereocenters. The van der Waals surface area contributed by atoms with E-state index in [1.807, 2.05) is 25.1 Å². The Labute approximate surface area is 135 Å². The lowest BCUT2D eigenvalue weighted by molar-refractivity contribution is 0.102. The van der Waals surface area contributed by atoms with E-state index in [0.717, 1.165) is 18.2 Å². The Balaban J connectivity index is 2.26. The van der Waals surface area contributed by atoms with Crippen LogP contribution in [0.3, 0.4) is 0 Å². The molecule has 0 heterocycles. The number of hydrogen-bond donors (Lipinski definition) is 3. The topological polar surface area (TPSA) is 95.5 Å². The van der Waals surface area contributed by atoms with Crippen molar-refractivity contribution in [1.29, 1.82) is 0 Å². The minimum atomic E-state index is -3.46. The Kier molecular flexibility index (Phi) is 4.90. The van der Waals surface area contributed by atoms with Crippen molar-refractivity contribution in [3.05, 3.63) is 53.6 Å². The number of rotatable bonds is 5. The van der Waals surface area contributed by atoms with E-state index in [0.29, 0.717) is 5.69 Å². The molecule has 3 N–H and O–H groups in total. The van der Waals surface area contributed by atoms with Gasteiger partial charge in [0.15, 0.2) is 0 Å². The first-order valence-electron chi connectivity index (χ1n) is 6.99. The second kappa shape index (κ2) is 6.70. The van der Waals surface area contributed by atoms with E-state index in [9.17, 15) is 18.3 Å². The van der Waals surface area contributed by atoms with Crippen molar-refractivity contribution < 1.29 is 18.3 Å². The van der Waals surface area contributed by atoms with Gasteiger partial charge in [0.1, 0.15) is 5.75 Å². The lowest BCUT2D eigenvalue weighted by Crippen LogP contribution is -2.14. The van der Waals surface area contributed by atoms with Crippen LogP contribution in [0.2, 0.25) is 0 Å². The maximum absolute atomic E-state index is 12.3. The number of aryl methyl sites for hydroxylation is 1. The number of phenols is 1. The summed E-state index contributed by atoms with van der Waals surface area (Å²) in [6, 6.07) is 11.3. The molecule has 0 spiro atoms. The summed E-state index contributed by atoms with van der Waals surface area (Å²) in [7, 11) is -3.46. The third-order valence-electron chi connectivity index (χ3n) is 3.14. The van der Waals surface area contributed by atoms with Crippen molar-refractivity contribution >= 4 is 27.3 Å². The third-order valence-corrected chi connectivity index (χ3v) is 3.74.